The average molecular weight is 355 g/mol. The number of aryl methyl sites for hydroxylation is 1. The first-order chi connectivity index (χ1) is 12.7. The maximum Gasteiger partial charge on any atom is 0.257 e. The van der Waals surface area contributed by atoms with Crippen molar-refractivity contribution >= 4 is 0 Å². The maximum absolute atomic E-state index is 6.10. The summed E-state index contributed by atoms with van der Waals surface area (Å²) in [6.07, 6.45) is 3.99. The third-order valence-electron chi connectivity index (χ3n) is 5.12. The molecule has 26 heavy (non-hydrogen) atoms. The molecule has 4 rings (SSSR count). The fraction of sp³-hybridized carbons (Fsp3) is 0.500. The van der Waals surface area contributed by atoms with E-state index in [9.17, 15) is 0 Å². The Morgan fingerprint density at radius 1 is 1.15 bits per heavy atom. The number of rotatable bonds is 4. The van der Waals surface area contributed by atoms with Crippen LogP contribution >= 0.6 is 0 Å². The van der Waals surface area contributed by atoms with E-state index < -0.39 is 0 Å². The molecule has 0 aromatic carbocycles. The van der Waals surface area contributed by atoms with Gasteiger partial charge >= 0.3 is 0 Å². The maximum atomic E-state index is 6.10. The second-order valence-corrected chi connectivity index (χ2v) is 6.89. The zero-order valence-corrected chi connectivity index (χ0v) is 15.4. The molecular weight excluding hydrogens is 330 g/mol. The molecule has 2 aromatic rings. The molecule has 4 heterocycles. The molecule has 1 saturated heterocycles. The molecule has 0 amide bonds. The lowest BCUT2D eigenvalue weighted by Crippen LogP contribution is -2.40. The SMILES string of the molecule is Cc1cccnc1OC1CCN(C(C)c2ccc3c(n2)OCCO3)CC1. The van der Waals surface area contributed by atoms with Crippen molar-refractivity contribution in [1.82, 2.24) is 14.9 Å². The molecule has 2 aliphatic rings. The van der Waals surface area contributed by atoms with Crippen molar-refractivity contribution in [3.8, 4) is 17.5 Å². The van der Waals surface area contributed by atoms with Crippen molar-refractivity contribution in [1.29, 1.82) is 0 Å². The average Bonchev–Trinajstić information content (AvgIpc) is 2.69. The monoisotopic (exact) mass is 355 g/mol. The molecule has 1 atom stereocenters. The minimum absolute atomic E-state index is 0.222. The summed E-state index contributed by atoms with van der Waals surface area (Å²) in [5.41, 5.74) is 2.11. The summed E-state index contributed by atoms with van der Waals surface area (Å²) < 4.78 is 17.3. The summed E-state index contributed by atoms with van der Waals surface area (Å²) in [5, 5.41) is 0. The summed E-state index contributed by atoms with van der Waals surface area (Å²) in [6.45, 7) is 7.34. The van der Waals surface area contributed by atoms with Crippen molar-refractivity contribution in [3.05, 3.63) is 41.7 Å². The highest BCUT2D eigenvalue weighted by atomic mass is 16.6. The second-order valence-electron chi connectivity index (χ2n) is 6.89. The molecule has 2 aliphatic heterocycles. The predicted molar refractivity (Wildman–Crippen MR) is 97.8 cm³/mol. The van der Waals surface area contributed by atoms with Crippen molar-refractivity contribution < 1.29 is 14.2 Å². The van der Waals surface area contributed by atoms with Crippen LogP contribution in [0.25, 0.3) is 0 Å². The van der Waals surface area contributed by atoms with Crippen molar-refractivity contribution in [2.24, 2.45) is 0 Å². The fourth-order valence-corrected chi connectivity index (χ4v) is 3.50. The number of pyridine rings is 2. The molecule has 1 unspecified atom stereocenters. The van der Waals surface area contributed by atoms with Crippen LogP contribution in [0.2, 0.25) is 0 Å². The number of aromatic nitrogens is 2. The number of fused-ring (bicyclic) bond motifs is 1. The van der Waals surface area contributed by atoms with Crippen LogP contribution in [-0.4, -0.2) is 47.3 Å². The predicted octanol–water partition coefficient (Wildman–Crippen LogP) is 3.16. The first-order valence-electron chi connectivity index (χ1n) is 9.29. The molecule has 0 saturated carbocycles. The van der Waals surface area contributed by atoms with Crippen LogP contribution in [0.5, 0.6) is 17.5 Å². The summed E-state index contributed by atoms with van der Waals surface area (Å²) in [5.74, 6) is 2.11. The van der Waals surface area contributed by atoms with Gasteiger partial charge in [0.1, 0.15) is 19.3 Å². The lowest BCUT2D eigenvalue weighted by atomic mass is 10.0. The Bertz CT molecular complexity index is 760. The Kier molecular flexibility index (Phi) is 4.93. The Hall–Kier alpha value is -2.34. The number of hydrogen-bond acceptors (Lipinski definition) is 6. The van der Waals surface area contributed by atoms with Crippen LogP contribution in [0.1, 0.15) is 37.1 Å². The van der Waals surface area contributed by atoms with Crippen LogP contribution in [0.4, 0.5) is 0 Å². The Labute approximate surface area is 154 Å². The Morgan fingerprint density at radius 3 is 2.77 bits per heavy atom. The van der Waals surface area contributed by atoms with E-state index in [4.69, 9.17) is 14.2 Å². The molecule has 0 spiro atoms. The van der Waals surface area contributed by atoms with Gasteiger partial charge in [0, 0.05) is 30.9 Å². The quantitative estimate of drug-likeness (QED) is 0.840. The molecule has 6 heteroatoms. The van der Waals surface area contributed by atoms with Crippen LogP contribution in [0.15, 0.2) is 30.5 Å². The van der Waals surface area contributed by atoms with Gasteiger partial charge in [0.15, 0.2) is 5.75 Å². The number of piperidine rings is 1. The van der Waals surface area contributed by atoms with Gasteiger partial charge < -0.3 is 14.2 Å². The van der Waals surface area contributed by atoms with E-state index in [0.29, 0.717) is 19.1 Å². The Balaban J connectivity index is 1.36. The molecular formula is C20H25N3O3. The van der Waals surface area contributed by atoms with Gasteiger partial charge in [-0.1, -0.05) is 6.07 Å². The highest BCUT2D eigenvalue weighted by Gasteiger charge is 2.26. The zero-order chi connectivity index (χ0) is 17.9. The van der Waals surface area contributed by atoms with E-state index in [0.717, 1.165) is 48.8 Å². The molecule has 6 nitrogen and oxygen atoms in total. The third-order valence-corrected chi connectivity index (χ3v) is 5.12. The molecule has 0 N–H and O–H groups in total. The summed E-state index contributed by atoms with van der Waals surface area (Å²) in [6, 6.07) is 8.22. The van der Waals surface area contributed by atoms with Gasteiger partial charge in [-0.15, -0.1) is 0 Å². The van der Waals surface area contributed by atoms with Crippen LogP contribution < -0.4 is 14.2 Å². The lowest BCUT2D eigenvalue weighted by molar-refractivity contribution is 0.0748. The largest absolute Gasteiger partial charge is 0.484 e. The van der Waals surface area contributed by atoms with Gasteiger partial charge in [-0.25, -0.2) is 9.97 Å². The number of ether oxygens (including phenoxy) is 3. The number of hydrogen-bond donors (Lipinski definition) is 0. The topological polar surface area (TPSA) is 56.7 Å². The second kappa shape index (κ2) is 7.50. The Morgan fingerprint density at radius 2 is 1.96 bits per heavy atom. The third kappa shape index (κ3) is 3.60. The minimum atomic E-state index is 0.222. The zero-order valence-electron chi connectivity index (χ0n) is 15.4. The lowest BCUT2D eigenvalue weighted by Gasteiger charge is -2.36. The van der Waals surface area contributed by atoms with Gasteiger partial charge in [-0.2, -0.15) is 0 Å². The van der Waals surface area contributed by atoms with Crippen molar-refractivity contribution in [3.63, 3.8) is 0 Å². The van der Waals surface area contributed by atoms with Crippen LogP contribution in [0, 0.1) is 6.92 Å². The minimum Gasteiger partial charge on any atom is -0.484 e. The van der Waals surface area contributed by atoms with E-state index >= 15 is 0 Å². The van der Waals surface area contributed by atoms with E-state index in [2.05, 4.69) is 21.8 Å². The van der Waals surface area contributed by atoms with Gasteiger partial charge in [-0.3, -0.25) is 4.90 Å². The van der Waals surface area contributed by atoms with E-state index in [-0.39, 0.29) is 12.1 Å². The summed E-state index contributed by atoms with van der Waals surface area (Å²) >= 11 is 0. The highest BCUT2D eigenvalue weighted by Crippen LogP contribution is 2.32. The molecule has 0 radical (unpaired) electrons. The van der Waals surface area contributed by atoms with E-state index in [1.807, 2.05) is 31.2 Å². The molecule has 1 fully saturated rings. The number of nitrogens with zero attached hydrogens (tertiary/aromatic N) is 3. The summed E-state index contributed by atoms with van der Waals surface area (Å²) in [4.78, 5) is 11.4. The summed E-state index contributed by atoms with van der Waals surface area (Å²) in [7, 11) is 0. The van der Waals surface area contributed by atoms with Gasteiger partial charge in [0.05, 0.1) is 5.69 Å². The molecule has 2 aromatic heterocycles. The van der Waals surface area contributed by atoms with Gasteiger partial charge in [0.2, 0.25) is 5.88 Å². The molecule has 0 aliphatic carbocycles. The highest BCUT2D eigenvalue weighted by molar-refractivity contribution is 5.36. The molecule has 138 valence electrons. The van der Waals surface area contributed by atoms with Gasteiger partial charge in [-0.05, 0) is 44.9 Å². The van der Waals surface area contributed by atoms with E-state index in [1.54, 1.807) is 6.20 Å². The number of likely N-dealkylation sites (tertiary alicyclic amines) is 1. The fourth-order valence-electron chi connectivity index (χ4n) is 3.50. The first-order valence-corrected chi connectivity index (χ1v) is 9.29. The van der Waals surface area contributed by atoms with Crippen molar-refractivity contribution in [2.75, 3.05) is 26.3 Å². The standard InChI is InChI=1S/C20H25N3O3/c1-14-4-3-9-21-19(14)26-16-7-10-23(11-8-16)15(2)17-5-6-18-20(22-17)25-13-12-24-18/h3-6,9,15-16H,7-8,10-13H2,1-2H3. The van der Waals surface area contributed by atoms with Gasteiger partial charge in [0.25, 0.3) is 5.88 Å². The smallest absolute Gasteiger partial charge is 0.257 e. The van der Waals surface area contributed by atoms with Crippen molar-refractivity contribution in [2.45, 2.75) is 38.8 Å². The first kappa shape index (κ1) is 17.1. The van der Waals surface area contributed by atoms with Crippen LogP contribution in [-0.2, 0) is 0 Å². The molecule has 0 bridgehead atoms. The van der Waals surface area contributed by atoms with Crippen LogP contribution in [0.3, 0.4) is 0 Å². The van der Waals surface area contributed by atoms with E-state index in [1.165, 1.54) is 0 Å². The normalized spacial score (nSPS) is 19.2.